The third kappa shape index (κ3) is 5.03. The van der Waals surface area contributed by atoms with Gasteiger partial charge in [-0.3, -0.25) is 10.1 Å². The molecule has 0 aliphatic carbocycles. The van der Waals surface area contributed by atoms with Crippen LogP contribution in [-0.4, -0.2) is 11.0 Å². The number of hydrogen-bond acceptors (Lipinski definition) is 2. The van der Waals surface area contributed by atoms with Crippen LogP contribution in [0.4, 0.5) is 5.69 Å². The van der Waals surface area contributed by atoms with E-state index < -0.39 is 0 Å². The smallest absolute Gasteiger partial charge is 0.257 e. The van der Waals surface area contributed by atoms with Gasteiger partial charge in [-0.15, -0.1) is 0 Å². The van der Waals surface area contributed by atoms with E-state index in [0.717, 1.165) is 4.47 Å². The molecule has 23 heavy (non-hydrogen) atoms. The zero-order chi connectivity index (χ0) is 17.0. The minimum absolute atomic E-state index is 0.201. The van der Waals surface area contributed by atoms with Gasteiger partial charge in [0.05, 0.1) is 10.7 Å². The summed E-state index contributed by atoms with van der Waals surface area (Å²) in [5.74, 6) is 0.167. The minimum Gasteiger partial charge on any atom is -0.331 e. The maximum absolute atomic E-state index is 12.2. The first-order valence-corrected chi connectivity index (χ1v) is 8.62. The minimum atomic E-state index is -0.258. The van der Waals surface area contributed by atoms with Gasteiger partial charge in [0, 0.05) is 10.0 Å². The lowest BCUT2D eigenvalue weighted by molar-refractivity contribution is 0.0977. The topological polar surface area (TPSA) is 41.1 Å². The number of hydrogen-bond donors (Lipinski definition) is 2. The first-order chi connectivity index (χ1) is 10.9. The molecule has 2 N–H and O–H groups in total. The van der Waals surface area contributed by atoms with Crippen LogP contribution < -0.4 is 10.6 Å². The molecule has 0 bridgehead atoms. The Labute approximate surface area is 154 Å². The summed E-state index contributed by atoms with van der Waals surface area (Å²) in [4.78, 5) is 12.2. The average Bonchev–Trinajstić information content (AvgIpc) is 2.50. The normalized spacial score (nSPS) is 10.5. The molecule has 120 valence electrons. The van der Waals surface area contributed by atoms with Crippen molar-refractivity contribution in [1.82, 2.24) is 5.32 Å². The number of carbonyl (C=O) groups is 1. The summed E-state index contributed by atoms with van der Waals surface area (Å²) in [5, 5.41) is 6.27. The quantitative estimate of drug-likeness (QED) is 0.669. The van der Waals surface area contributed by atoms with Crippen molar-refractivity contribution in [2.45, 2.75) is 19.8 Å². The largest absolute Gasteiger partial charge is 0.331 e. The van der Waals surface area contributed by atoms with E-state index in [-0.39, 0.29) is 11.0 Å². The second-order valence-corrected chi connectivity index (χ2v) is 7.04. The molecule has 0 aromatic heterocycles. The maximum atomic E-state index is 12.2. The number of rotatable bonds is 3. The van der Waals surface area contributed by atoms with Gasteiger partial charge in [-0.05, 0) is 54.0 Å². The molecule has 2 aromatic rings. The molecule has 6 heteroatoms. The van der Waals surface area contributed by atoms with Crippen LogP contribution in [0.25, 0.3) is 0 Å². The summed E-state index contributed by atoms with van der Waals surface area (Å²) in [6, 6.07) is 12.8. The molecule has 0 saturated heterocycles. The fourth-order valence-corrected chi connectivity index (χ4v) is 2.86. The van der Waals surface area contributed by atoms with Crippen molar-refractivity contribution >= 4 is 56.5 Å². The van der Waals surface area contributed by atoms with Gasteiger partial charge in [0.1, 0.15) is 0 Å². The molecule has 1 amide bonds. The standard InChI is InChI=1S/C17H16BrClN2OS/c1-10(2)11-3-5-12(6-4-11)16(22)21-17(23)20-15-8-7-13(18)9-14(15)19/h3-10H,1-2H3,(H2,20,21,22,23). The summed E-state index contributed by atoms with van der Waals surface area (Å²) in [7, 11) is 0. The molecule has 3 nitrogen and oxygen atoms in total. The van der Waals surface area contributed by atoms with Crippen molar-refractivity contribution in [3.8, 4) is 0 Å². The molecule has 0 radical (unpaired) electrons. The van der Waals surface area contributed by atoms with Crippen molar-refractivity contribution in [2.75, 3.05) is 5.32 Å². The Bertz CT molecular complexity index is 732. The van der Waals surface area contributed by atoms with E-state index in [1.807, 2.05) is 18.2 Å². The Hall–Kier alpha value is -1.43. The second kappa shape index (κ2) is 7.90. The molecule has 0 heterocycles. The van der Waals surface area contributed by atoms with E-state index >= 15 is 0 Å². The zero-order valence-electron chi connectivity index (χ0n) is 12.7. The molecule has 0 atom stereocenters. The van der Waals surface area contributed by atoms with Gasteiger partial charge in [0.2, 0.25) is 0 Å². The van der Waals surface area contributed by atoms with Gasteiger partial charge in [-0.25, -0.2) is 0 Å². The van der Waals surface area contributed by atoms with Crippen LogP contribution in [0.5, 0.6) is 0 Å². The Balaban J connectivity index is 2.00. The summed E-state index contributed by atoms with van der Waals surface area (Å²) in [6.07, 6.45) is 0. The SMILES string of the molecule is CC(C)c1ccc(C(=O)NC(=S)Nc2ccc(Br)cc2Cl)cc1. The van der Waals surface area contributed by atoms with E-state index in [0.29, 0.717) is 22.2 Å². The van der Waals surface area contributed by atoms with Crippen molar-refractivity contribution < 1.29 is 4.79 Å². The summed E-state index contributed by atoms with van der Waals surface area (Å²) in [5.41, 5.74) is 2.37. The highest BCUT2D eigenvalue weighted by molar-refractivity contribution is 9.10. The molecule has 0 spiro atoms. The van der Waals surface area contributed by atoms with Crippen LogP contribution in [0.2, 0.25) is 5.02 Å². The van der Waals surface area contributed by atoms with Gasteiger partial charge in [-0.2, -0.15) is 0 Å². The van der Waals surface area contributed by atoms with Crippen molar-refractivity contribution in [3.63, 3.8) is 0 Å². The number of amides is 1. The van der Waals surface area contributed by atoms with Crippen LogP contribution in [0.15, 0.2) is 46.9 Å². The molecule has 2 rings (SSSR count). The average molecular weight is 412 g/mol. The number of benzene rings is 2. The van der Waals surface area contributed by atoms with Crippen LogP contribution >= 0.6 is 39.7 Å². The van der Waals surface area contributed by atoms with Crippen LogP contribution in [-0.2, 0) is 0 Å². The number of anilines is 1. The van der Waals surface area contributed by atoms with Gasteiger partial charge >= 0.3 is 0 Å². The fraction of sp³-hybridized carbons (Fsp3) is 0.176. The van der Waals surface area contributed by atoms with Gasteiger partial charge < -0.3 is 5.32 Å². The summed E-state index contributed by atoms with van der Waals surface area (Å²) < 4.78 is 0.869. The molecule has 0 saturated carbocycles. The molecule has 0 aliphatic heterocycles. The van der Waals surface area contributed by atoms with E-state index in [4.69, 9.17) is 23.8 Å². The van der Waals surface area contributed by atoms with Crippen molar-refractivity contribution in [3.05, 3.63) is 63.1 Å². The lowest BCUT2D eigenvalue weighted by Crippen LogP contribution is -2.34. The van der Waals surface area contributed by atoms with Gasteiger partial charge in [-0.1, -0.05) is 53.5 Å². The molecule has 2 aromatic carbocycles. The van der Waals surface area contributed by atoms with E-state index in [9.17, 15) is 4.79 Å². The van der Waals surface area contributed by atoms with Gasteiger partial charge in [0.15, 0.2) is 5.11 Å². The summed E-state index contributed by atoms with van der Waals surface area (Å²) >= 11 is 14.6. The summed E-state index contributed by atoms with van der Waals surface area (Å²) in [6.45, 7) is 4.21. The van der Waals surface area contributed by atoms with Gasteiger partial charge in [0.25, 0.3) is 5.91 Å². The molecule has 0 aliphatic rings. The fourth-order valence-electron chi connectivity index (χ4n) is 1.94. The Morgan fingerprint density at radius 3 is 2.39 bits per heavy atom. The third-order valence-corrected chi connectivity index (χ3v) is 4.26. The first-order valence-electron chi connectivity index (χ1n) is 7.04. The lowest BCUT2D eigenvalue weighted by Gasteiger charge is -2.12. The van der Waals surface area contributed by atoms with Crippen molar-refractivity contribution in [1.29, 1.82) is 0 Å². The maximum Gasteiger partial charge on any atom is 0.257 e. The third-order valence-electron chi connectivity index (χ3n) is 3.25. The van der Waals surface area contributed by atoms with E-state index in [1.54, 1.807) is 24.3 Å². The zero-order valence-corrected chi connectivity index (χ0v) is 15.8. The monoisotopic (exact) mass is 410 g/mol. The van der Waals surface area contributed by atoms with Crippen LogP contribution in [0.1, 0.15) is 35.7 Å². The highest BCUT2D eigenvalue weighted by Gasteiger charge is 2.10. The highest BCUT2D eigenvalue weighted by Crippen LogP contribution is 2.25. The number of halogens is 2. The Kier molecular flexibility index (Phi) is 6.16. The number of nitrogens with one attached hydrogen (secondary N) is 2. The predicted molar refractivity (Wildman–Crippen MR) is 103 cm³/mol. The molecular formula is C17H16BrClN2OS. The van der Waals surface area contributed by atoms with Crippen LogP contribution in [0.3, 0.4) is 0 Å². The van der Waals surface area contributed by atoms with E-state index in [1.165, 1.54) is 5.56 Å². The Morgan fingerprint density at radius 2 is 1.83 bits per heavy atom. The van der Waals surface area contributed by atoms with Crippen molar-refractivity contribution in [2.24, 2.45) is 0 Å². The number of thiocarbonyl (C=S) groups is 1. The lowest BCUT2D eigenvalue weighted by atomic mass is 10.0. The van der Waals surface area contributed by atoms with Crippen LogP contribution in [0, 0.1) is 0 Å². The molecule has 0 fully saturated rings. The Morgan fingerprint density at radius 1 is 1.17 bits per heavy atom. The molecular weight excluding hydrogens is 396 g/mol. The second-order valence-electron chi connectivity index (χ2n) is 5.31. The molecule has 0 unspecified atom stereocenters. The predicted octanol–water partition coefficient (Wildman–Crippen LogP) is 5.35. The van der Waals surface area contributed by atoms with E-state index in [2.05, 4.69) is 40.4 Å². The highest BCUT2D eigenvalue weighted by atomic mass is 79.9. The number of carbonyl (C=O) groups excluding carboxylic acids is 1. The first kappa shape index (κ1) is 17.9.